The molecular weight excluding hydrogens is 380 g/mol. The first kappa shape index (κ1) is 8.62. The molecule has 0 bridgehead atoms. The van der Waals surface area contributed by atoms with Crippen molar-refractivity contribution in [1.29, 1.82) is 0 Å². The fourth-order valence-corrected chi connectivity index (χ4v) is 2.87. The number of carbonyl (C=O) groups excluding carboxylic acids is 1. The van der Waals surface area contributed by atoms with Gasteiger partial charge in [0.15, 0.2) is 11.5 Å². The number of piperidine rings is 1. The molecule has 6 heteroatoms. The maximum atomic E-state index is 13.4. The lowest BCUT2D eigenvalue weighted by Gasteiger charge is -2.47. The maximum Gasteiger partial charge on any atom is 0.323 e. The number of aryl methyl sites for hydroxylation is 1. The quantitative estimate of drug-likeness (QED) is 0.658. The van der Waals surface area contributed by atoms with Crippen molar-refractivity contribution in [1.82, 2.24) is 4.90 Å². The second-order valence-corrected chi connectivity index (χ2v) is 7.10. The fraction of sp³-hybridized carbons (Fsp3) is 0.708. The number of carbonyl (C=O) groups is 1. The van der Waals surface area contributed by atoms with Crippen LogP contribution in [0.4, 0.5) is 0 Å². The van der Waals surface area contributed by atoms with Gasteiger partial charge in [0.05, 0.1) is 19.6 Å². The molecule has 0 aromatic heterocycles. The number of rotatable bonds is 7. The third-order valence-corrected chi connectivity index (χ3v) is 4.54. The molecule has 1 aromatic rings. The highest BCUT2D eigenvalue weighted by atomic mass is 16.5. The lowest BCUT2D eigenvalue weighted by atomic mass is 9.79. The minimum atomic E-state index is -4.45. The Morgan fingerprint density at radius 1 is 1.43 bits per heavy atom. The number of hydrogen-bond donors (Lipinski definition) is 1. The van der Waals surface area contributed by atoms with Crippen LogP contribution in [0.25, 0.3) is 0 Å². The van der Waals surface area contributed by atoms with Crippen LogP contribution in [0.15, 0.2) is 12.1 Å². The van der Waals surface area contributed by atoms with E-state index in [1.165, 1.54) is 13.8 Å². The number of nitrogens with two attached hydrogens (primary N) is 1. The van der Waals surface area contributed by atoms with Crippen LogP contribution < -0.4 is 15.2 Å². The maximum absolute atomic E-state index is 13.4. The van der Waals surface area contributed by atoms with Gasteiger partial charge in [0.25, 0.3) is 0 Å². The molecule has 168 valence electrons. The SMILES string of the molecule is [2H]C([2H])([2H])Oc1cc2c(cc1OC)C([2H])([2H])C([2H])([2H])N1C2C([2H])([2H])C([2H])(OC(=O)[C@@H](N)C(C)C)C([2H])(C([2H])([2H])C([2H])(C)C([2H])([2H])[2H])C1([2H])[2H]. The third kappa shape index (κ3) is 4.75. The summed E-state index contributed by atoms with van der Waals surface area (Å²) >= 11 is 0. The zero-order valence-electron chi connectivity index (χ0n) is 36.0. The molecule has 0 radical (unpaired) electrons. The van der Waals surface area contributed by atoms with Crippen LogP contribution >= 0.6 is 0 Å². The fourth-order valence-electron chi connectivity index (χ4n) is 2.87. The summed E-state index contributed by atoms with van der Waals surface area (Å²) in [6, 6.07) is -2.92. The highest BCUT2D eigenvalue weighted by Gasteiger charge is 2.41. The van der Waals surface area contributed by atoms with Crippen LogP contribution in [0, 0.1) is 17.7 Å². The Balaban J connectivity index is 2.65. The molecule has 0 saturated carbocycles. The molecule has 1 saturated heterocycles. The van der Waals surface area contributed by atoms with Gasteiger partial charge in [-0.3, -0.25) is 9.69 Å². The van der Waals surface area contributed by atoms with Crippen molar-refractivity contribution in [2.24, 2.45) is 23.4 Å². The predicted octanol–water partition coefficient (Wildman–Crippen LogP) is 3.56. The largest absolute Gasteiger partial charge is 0.493 e. The Hall–Kier alpha value is -1.79. The van der Waals surface area contributed by atoms with Gasteiger partial charge in [-0.15, -0.1) is 0 Å². The molecule has 0 aliphatic carbocycles. The van der Waals surface area contributed by atoms with Crippen LogP contribution in [0.2, 0.25) is 0 Å². The predicted molar refractivity (Wildman–Crippen MR) is 118 cm³/mol. The summed E-state index contributed by atoms with van der Waals surface area (Å²) in [7, 11) is -2.18. The average Bonchev–Trinajstić information content (AvgIpc) is 2.90. The van der Waals surface area contributed by atoms with Crippen molar-refractivity contribution in [3.05, 3.63) is 23.3 Å². The molecular formula is C24H38N2O4. The van der Waals surface area contributed by atoms with Gasteiger partial charge in [-0.2, -0.15) is 0 Å². The van der Waals surface area contributed by atoms with Crippen molar-refractivity contribution in [3.8, 4) is 11.5 Å². The highest BCUT2D eigenvalue weighted by Crippen LogP contribution is 2.44. The van der Waals surface area contributed by atoms with Crippen LogP contribution in [-0.4, -0.2) is 50.1 Å². The van der Waals surface area contributed by atoms with Gasteiger partial charge in [-0.1, -0.05) is 27.6 Å². The Morgan fingerprint density at radius 3 is 2.87 bits per heavy atom. The summed E-state index contributed by atoms with van der Waals surface area (Å²) in [4.78, 5) is 13.1. The van der Waals surface area contributed by atoms with Gasteiger partial charge in [0, 0.05) is 51.9 Å². The van der Waals surface area contributed by atoms with Crippen LogP contribution in [-0.2, 0) is 15.9 Å². The second kappa shape index (κ2) is 9.56. The number of benzene rings is 1. The van der Waals surface area contributed by atoms with E-state index in [1.54, 1.807) is 0 Å². The molecule has 2 N–H and O–H groups in total. The van der Waals surface area contributed by atoms with Crippen molar-refractivity contribution < 1.29 is 45.0 Å². The number of hydrogen-bond acceptors (Lipinski definition) is 6. The van der Waals surface area contributed by atoms with E-state index in [0.717, 1.165) is 13.2 Å². The summed E-state index contributed by atoms with van der Waals surface area (Å²) in [5.74, 6) is -11.7. The van der Waals surface area contributed by atoms with Gasteiger partial charge in [0.2, 0.25) is 0 Å². The number of ether oxygens (including phenoxy) is 3. The number of esters is 1. The van der Waals surface area contributed by atoms with Gasteiger partial charge in [0.1, 0.15) is 12.1 Å². The zero-order valence-corrected chi connectivity index (χ0v) is 17.0. The molecule has 30 heavy (non-hydrogen) atoms. The Morgan fingerprint density at radius 2 is 2.20 bits per heavy atom. The number of nitrogens with zero attached hydrogens (tertiary/aromatic N) is 1. The summed E-state index contributed by atoms with van der Waals surface area (Å²) in [5, 5.41) is 0. The molecule has 3 rings (SSSR count). The molecule has 1 aromatic carbocycles. The Kier molecular flexibility index (Phi) is 2.75. The molecule has 2 aliphatic heterocycles. The smallest absolute Gasteiger partial charge is 0.323 e. The van der Waals surface area contributed by atoms with Crippen molar-refractivity contribution >= 4 is 5.97 Å². The Labute approximate surface area is 207 Å². The third-order valence-electron chi connectivity index (χ3n) is 4.54. The van der Waals surface area contributed by atoms with Crippen molar-refractivity contribution in [3.63, 3.8) is 0 Å². The van der Waals surface area contributed by atoms with Crippen molar-refractivity contribution in [2.75, 3.05) is 27.1 Å². The van der Waals surface area contributed by atoms with Crippen molar-refractivity contribution in [2.45, 2.75) is 64.9 Å². The van der Waals surface area contributed by atoms with E-state index in [-0.39, 0.29) is 4.90 Å². The number of methoxy groups -OCH3 is 2. The molecule has 6 nitrogen and oxygen atoms in total. The lowest BCUT2D eigenvalue weighted by molar-refractivity contribution is -0.160. The van der Waals surface area contributed by atoms with Gasteiger partial charge in [-0.05, 0) is 47.8 Å². The van der Waals surface area contributed by atoms with Gasteiger partial charge in [-0.25, -0.2) is 0 Å². The first-order valence-electron chi connectivity index (χ1n) is 18.7. The van der Waals surface area contributed by atoms with Gasteiger partial charge >= 0.3 is 5.97 Å². The van der Waals surface area contributed by atoms with Crippen LogP contribution in [0.5, 0.6) is 11.5 Å². The summed E-state index contributed by atoms with van der Waals surface area (Å²) in [6.07, 6.45) is -15.9. The summed E-state index contributed by atoms with van der Waals surface area (Å²) in [5.41, 5.74) is 4.34. The first-order valence-corrected chi connectivity index (χ1v) is 9.18. The molecule has 2 heterocycles. The van der Waals surface area contributed by atoms with E-state index < -0.39 is 110 Å². The summed E-state index contributed by atoms with van der Waals surface area (Å²) < 4.78 is 179. The van der Waals surface area contributed by atoms with Crippen LogP contribution in [0.3, 0.4) is 0 Å². The number of fused-ring (bicyclic) bond motifs is 3. The molecule has 5 atom stereocenters. The second-order valence-electron chi connectivity index (χ2n) is 7.10. The molecule has 1 fully saturated rings. The standard InChI is InChI=1S/C24H38N2O4/c1-14(2)9-17-13-26-8-7-16-10-21(28-5)22(29-6)11-18(16)19(26)12-20(17)30-24(27)23(25)15(3)4/h10-11,14-15,17,19-20,23H,7-9,12-13,25H2,1-6H3/t17?,19?,20?,23-/m0/s1/i1D3,6D3,7D2,8D2,9D2,12D2,13D2,14D,17D,20D/t14?,17?,19?,20?,23-. The summed E-state index contributed by atoms with van der Waals surface area (Å²) in [6.45, 7) is -8.57. The van der Waals surface area contributed by atoms with E-state index in [9.17, 15) is 13.0 Å². The topological polar surface area (TPSA) is 74.0 Å². The van der Waals surface area contributed by atoms with Crippen LogP contribution in [0.1, 0.15) is 83.6 Å². The highest BCUT2D eigenvalue weighted by molar-refractivity contribution is 5.76. The van der Waals surface area contributed by atoms with E-state index in [1.807, 2.05) is 0 Å². The van der Waals surface area contributed by atoms with E-state index in [2.05, 4.69) is 0 Å². The molecule has 0 spiro atoms. The Bertz CT molecular complexity index is 1480. The van der Waals surface area contributed by atoms with Gasteiger partial charge < -0.3 is 19.9 Å². The molecule has 4 unspecified atom stereocenters. The van der Waals surface area contributed by atoms with E-state index in [4.69, 9.17) is 37.8 Å². The molecule has 2 aliphatic rings. The monoisotopic (exact) mass is 437 g/mol. The molecule has 0 amide bonds. The van der Waals surface area contributed by atoms with E-state index >= 15 is 0 Å². The normalized spacial score (nSPS) is 49.1. The average molecular weight is 438 g/mol. The zero-order chi connectivity index (χ0) is 38.7. The van der Waals surface area contributed by atoms with E-state index in [0.29, 0.717) is 13.0 Å². The lowest BCUT2D eigenvalue weighted by Crippen LogP contribution is -2.51. The minimum Gasteiger partial charge on any atom is -0.493 e. The first-order chi connectivity index (χ1) is 21.5. The minimum absolute atomic E-state index is 0.239.